The molecule has 4 heteroatoms. The molecule has 1 heterocycles. The summed E-state index contributed by atoms with van der Waals surface area (Å²) in [6, 6.07) is 0. The second kappa shape index (κ2) is 1.31. The molecular formula is C3H4O3S. The van der Waals surface area contributed by atoms with E-state index in [2.05, 4.69) is 4.18 Å². The van der Waals surface area contributed by atoms with Crippen molar-refractivity contribution in [3.8, 4) is 0 Å². The first kappa shape index (κ1) is 4.80. The summed E-state index contributed by atoms with van der Waals surface area (Å²) in [5.74, 6) is 0. The van der Waals surface area contributed by atoms with E-state index in [1.165, 1.54) is 6.08 Å². The standard InChI is InChI=1S/C3H4O3S/c4-7(5)3-1-2-6-7/h1,3H,2H2. The molecule has 1 rings (SSSR count). The molecule has 0 aromatic heterocycles. The van der Waals surface area contributed by atoms with E-state index in [9.17, 15) is 8.42 Å². The van der Waals surface area contributed by atoms with Gasteiger partial charge in [-0.1, -0.05) is 0 Å². The van der Waals surface area contributed by atoms with Gasteiger partial charge >= 0.3 is 0 Å². The average Bonchev–Trinajstić information content (AvgIpc) is 1.84. The molecule has 40 valence electrons. The first-order valence-corrected chi connectivity index (χ1v) is 3.24. The molecule has 0 atom stereocenters. The molecule has 0 amide bonds. The lowest BCUT2D eigenvalue weighted by atomic mass is 10.7. The molecule has 1 aliphatic heterocycles. The Morgan fingerprint density at radius 3 is 2.43 bits per heavy atom. The lowest BCUT2D eigenvalue weighted by Crippen LogP contribution is -1.92. The van der Waals surface area contributed by atoms with Crippen molar-refractivity contribution in [1.82, 2.24) is 0 Å². The quantitative estimate of drug-likeness (QED) is 0.418. The first-order chi connectivity index (χ1) is 3.21. The number of hydrogen-bond donors (Lipinski definition) is 0. The van der Waals surface area contributed by atoms with Crippen LogP contribution in [0, 0.1) is 0 Å². The van der Waals surface area contributed by atoms with Gasteiger partial charge in [-0.25, -0.2) is 0 Å². The van der Waals surface area contributed by atoms with Crippen LogP contribution in [0.5, 0.6) is 0 Å². The van der Waals surface area contributed by atoms with Crippen molar-refractivity contribution >= 4 is 10.1 Å². The SMILES string of the molecule is O=S1(=O)C=CCO1. The molecule has 0 aromatic carbocycles. The highest BCUT2D eigenvalue weighted by Gasteiger charge is 2.08. The molecule has 0 aliphatic carbocycles. The lowest BCUT2D eigenvalue weighted by Gasteiger charge is -1.83. The van der Waals surface area contributed by atoms with Crippen LogP contribution in [0.15, 0.2) is 11.5 Å². The maximum Gasteiger partial charge on any atom is 0.290 e. The molecule has 0 fully saturated rings. The highest BCUT2D eigenvalue weighted by Crippen LogP contribution is 2.01. The van der Waals surface area contributed by atoms with Crippen LogP contribution in [-0.2, 0) is 14.3 Å². The maximum absolute atomic E-state index is 10.1. The van der Waals surface area contributed by atoms with E-state index in [0.29, 0.717) is 0 Å². The zero-order chi connectivity index (χ0) is 5.33. The van der Waals surface area contributed by atoms with E-state index in [1.54, 1.807) is 0 Å². The molecule has 1 aliphatic rings. The Morgan fingerprint density at radius 2 is 2.29 bits per heavy atom. The molecule has 0 saturated heterocycles. The van der Waals surface area contributed by atoms with Crippen molar-refractivity contribution in [3.63, 3.8) is 0 Å². The van der Waals surface area contributed by atoms with E-state index < -0.39 is 10.1 Å². The van der Waals surface area contributed by atoms with Gasteiger partial charge in [0.05, 0.1) is 12.0 Å². The van der Waals surface area contributed by atoms with Gasteiger partial charge in [0.25, 0.3) is 10.1 Å². The van der Waals surface area contributed by atoms with Crippen molar-refractivity contribution in [3.05, 3.63) is 11.5 Å². The first-order valence-electron chi connectivity index (χ1n) is 1.77. The van der Waals surface area contributed by atoms with E-state index in [1.807, 2.05) is 0 Å². The van der Waals surface area contributed by atoms with Crippen LogP contribution in [0.3, 0.4) is 0 Å². The van der Waals surface area contributed by atoms with Crippen LogP contribution >= 0.6 is 0 Å². The van der Waals surface area contributed by atoms with E-state index in [4.69, 9.17) is 0 Å². The Kier molecular flexibility index (Phi) is 0.900. The van der Waals surface area contributed by atoms with E-state index >= 15 is 0 Å². The summed E-state index contributed by atoms with van der Waals surface area (Å²) in [5, 5.41) is 1.05. The molecule has 0 bridgehead atoms. The molecular weight excluding hydrogens is 116 g/mol. The van der Waals surface area contributed by atoms with Crippen LogP contribution in [0.4, 0.5) is 0 Å². The van der Waals surface area contributed by atoms with Gasteiger partial charge in [0.1, 0.15) is 0 Å². The predicted octanol–water partition coefficient (Wildman–Crippen LogP) is -0.140. The third kappa shape index (κ3) is 1.01. The van der Waals surface area contributed by atoms with Crippen LogP contribution in [-0.4, -0.2) is 15.0 Å². The summed E-state index contributed by atoms with van der Waals surface area (Å²) in [5.41, 5.74) is 0. The second-order valence-electron chi connectivity index (χ2n) is 1.15. The molecule has 0 unspecified atom stereocenters. The topological polar surface area (TPSA) is 43.4 Å². The van der Waals surface area contributed by atoms with Gasteiger partial charge in [-0.3, -0.25) is 4.18 Å². The van der Waals surface area contributed by atoms with Crippen molar-refractivity contribution in [2.24, 2.45) is 0 Å². The fraction of sp³-hybridized carbons (Fsp3) is 0.333. The van der Waals surface area contributed by atoms with Gasteiger partial charge in [-0.15, -0.1) is 0 Å². The zero-order valence-corrected chi connectivity index (χ0v) is 4.31. The Hall–Kier alpha value is -0.350. The molecule has 0 radical (unpaired) electrons. The molecule has 0 N–H and O–H groups in total. The summed E-state index contributed by atoms with van der Waals surface area (Å²) in [6.07, 6.45) is 1.45. The zero-order valence-electron chi connectivity index (χ0n) is 3.49. The van der Waals surface area contributed by atoms with Crippen LogP contribution in [0.1, 0.15) is 0 Å². The van der Waals surface area contributed by atoms with Crippen molar-refractivity contribution in [1.29, 1.82) is 0 Å². The van der Waals surface area contributed by atoms with Crippen molar-refractivity contribution in [2.75, 3.05) is 6.61 Å². The third-order valence-electron chi connectivity index (χ3n) is 0.591. The van der Waals surface area contributed by atoms with Gasteiger partial charge in [-0.2, -0.15) is 8.42 Å². The van der Waals surface area contributed by atoms with Crippen LogP contribution in [0.2, 0.25) is 0 Å². The summed E-state index contributed by atoms with van der Waals surface area (Å²) < 4.78 is 24.4. The van der Waals surface area contributed by atoms with Crippen LogP contribution < -0.4 is 0 Å². The van der Waals surface area contributed by atoms with Crippen LogP contribution in [0.25, 0.3) is 0 Å². The Morgan fingerprint density at radius 1 is 1.57 bits per heavy atom. The Bertz CT molecular complexity index is 176. The Labute approximate surface area is 41.7 Å². The predicted molar refractivity (Wildman–Crippen MR) is 24.0 cm³/mol. The molecule has 0 aromatic rings. The van der Waals surface area contributed by atoms with Gasteiger partial charge in [0.15, 0.2) is 0 Å². The molecule has 7 heavy (non-hydrogen) atoms. The van der Waals surface area contributed by atoms with E-state index in [-0.39, 0.29) is 6.61 Å². The maximum atomic E-state index is 10.1. The summed E-state index contributed by atoms with van der Waals surface area (Å²) in [4.78, 5) is 0. The lowest BCUT2D eigenvalue weighted by molar-refractivity contribution is 0.375. The van der Waals surface area contributed by atoms with Crippen molar-refractivity contribution < 1.29 is 12.6 Å². The van der Waals surface area contributed by atoms with Gasteiger partial charge in [0.2, 0.25) is 0 Å². The minimum absolute atomic E-state index is 0.197. The van der Waals surface area contributed by atoms with Gasteiger partial charge in [-0.05, 0) is 6.08 Å². The van der Waals surface area contributed by atoms with Gasteiger partial charge < -0.3 is 0 Å². The fourth-order valence-corrected chi connectivity index (χ4v) is 0.992. The minimum Gasteiger partial charge on any atom is -0.263 e. The second-order valence-corrected chi connectivity index (χ2v) is 2.64. The summed E-state index contributed by atoms with van der Waals surface area (Å²) >= 11 is 0. The monoisotopic (exact) mass is 120 g/mol. The third-order valence-corrected chi connectivity index (χ3v) is 1.58. The van der Waals surface area contributed by atoms with Gasteiger partial charge in [0, 0.05) is 0 Å². The highest BCUT2D eigenvalue weighted by atomic mass is 32.2. The summed E-state index contributed by atoms with van der Waals surface area (Å²) in [7, 11) is -3.23. The summed E-state index contributed by atoms with van der Waals surface area (Å²) in [6.45, 7) is 0.197. The highest BCUT2D eigenvalue weighted by molar-refractivity contribution is 7.89. The number of hydrogen-bond acceptors (Lipinski definition) is 3. The average molecular weight is 120 g/mol. The Balaban J connectivity index is 2.99. The molecule has 0 saturated carbocycles. The largest absolute Gasteiger partial charge is 0.290 e. The van der Waals surface area contributed by atoms with Crippen molar-refractivity contribution in [2.45, 2.75) is 0 Å². The smallest absolute Gasteiger partial charge is 0.263 e. The number of rotatable bonds is 0. The minimum atomic E-state index is -3.23. The normalized spacial score (nSPS) is 25.7. The molecule has 3 nitrogen and oxygen atoms in total. The van der Waals surface area contributed by atoms with E-state index in [0.717, 1.165) is 5.41 Å². The molecule has 0 spiro atoms. The fourth-order valence-electron chi connectivity index (χ4n) is 0.331.